The SMILES string of the molecule is Cn1c[n+]([C@@H]2O[C@H](COP(=O)(O)OP(=O)(O)OP(=O)(O)O)[C@@H](O)[C@H]2O)c2nc(NCC3CCCCC3)[nH]c(=O)c21. The first kappa shape index (κ1) is 31.4. The fourth-order valence-corrected chi connectivity index (χ4v) is 7.75. The van der Waals surface area contributed by atoms with Crippen molar-refractivity contribution in [1.82, 2.24) is 14.5 Å². The van der Waals surface area contributed by atoms with Gasteiger partial charge in [-0.15, -0.1) is 0 Å². The van der Waals surface area contributed by atoms with Gasteiger partial charge in [-0.1, -0.05) is 24.2 Å². The van der Waals surface area contributed by atoms with Gasteiger partial charge >= 0.3 is 29.1 Å². The second-order valence-corrected chi connectivity index (χ2v) is 14.0. The number of hydrogen-bond acceptors (Lipinski definition) is 12. The molecular formula is C18H31N5O14P3+. The number of nitrogens with zero attached hydrogens (tertiary/aromatic N) is 3. The molecule has 0 bridgehead atoms. The van der Waals surface area contributed by atoms with Crippen LogP contribution in [0.25, 0.3) is 11.2 Å². The van der Waals surface area contributed by atoms with E-state index in [1.165, 1.54) is 21.9 Å². The van der Waals surface area contributed by atoms with Crippen LogP contribution in [-0.4, -0.2) is 75.8 Å². The van der Waals surface area contributed by atoms with Crippen molar-refractivity contribution in [2.45, 2.75) is 56.6 Å². The zero-order chi connectivity index (χ0) is 29.5. The quantitative estimate of drug-likeness (QED) is 0.114. The van der Waals surface area contributed by atoms with Gasteiger partial charge in [0.25, 0.3) is 11.5 Å². The number of phosphoric ester groups is 1. The van der Waals surface area contributed by atoms with Gasteiger partial charge in [-0.05, 0) is 18.8 Å². The molecule has 40 heavy (non-hydrogen) atoms. The number of rotatable bonds is 11. The van der Waals surface area contributed by atoms with Gasteiger partial charge in [0, 0.05) is 6.54 Å². The number of anilines is 1. The molecule has 19 nitrogen and oxygen atoms in total. The van der Waals surface area contributed by atoms with E-state index in [-0.39, 0.29) is 17.1 Å². The predicted octanol–water partition coefficient (Wildman–Crippen LogP) is -0.496. The van der Waals surface area contributed by atoms with Crippen LogP contribution in [0.5, 0.6) is 0 Å². The van der Waals surface area contributed by atoms with Crippen molar-refractivity contribution in [2.24, 2.45) is 13.0 Å². The smallest absolute Gasteiger partial charge is 0.387 e. The van der Waals surface area contributed by atoms with E-state index in [4.69, 9.17) is 14.5 Å². The van der Waals surface area contributed by atoms with Crippen molar-refractivity contribution in [2.75, 3.05) is 18.5 Å². The Labute approximate surface area is 226 Å². The number of phosphoric acid groups is 3. The van der Waals surface area contributed by atoms with Gasteiger partial charge in [0.2, 0.25) is 11.7 Å². The van der Waals surface area contributed by atoms with Crippen LogP contribution in [0.15, 0.2) is 11.1 Å². The monoisotopic (exact) mass is 634 g/mol. The van der Waals surface area contributed by atoms with Gasteiger partial charge in [-0.3, -0.25) is 18.9 Å². The summed E-state index contributed by atoms with van der Waals surface area (Å²) in [6, 6.07) is 0. The normalized spacial score (nSPS) is 27.5. The molecule has 2 aliphatic rings. The molecule has 0 spiro atoms. The number of aromatic nitrogens is 4. The van der Waals surface area contributed by atoms with Crippen LogP contribution in [0.4, 0.5) is 5.95 Å². The number of aliphatic hydroxyl groups excluding tert-OH is 2. The Morgan fingerprint density at radius 3 is 2.42 bits per heavy atom. The zero-order valence-electron chi connectivity index (χ0n) is 21.0. The summed E-state index contributed by atoms with van der Waals surface area (Å²) in [4.78, 5) is 56.1. The van der Waals surface area contributed by atoms with Crippen molar-refractivity contribution >= 4 is 40.6 Å². The van der Waals surface area contributed by atoms with Crippen LogP contribution in [0.2, 0.25) is 0 Å². The molecule has 0 aromatic carbocycles. The van der Waals surface area contributed by atoms with E-state index in [9.17, 15) is 38.5 Å². The molecule has 8 N–H and O–H groups in total. The van der Waals surface area contributed by atoms with Crippen molar-refractivity contribution < 1.29 is 65.9 Å². The molecule has 6 atom stereocenters. The number of aromatic amines is 1. The Morgan fingerprint density at radius 1 is 1.10 bits per heavy atom. The third-order valence-electron chi connectivity index (χ3n) is 6.48. The minimum absolute atomic E-state index is 0.0992. The molecule has 0 amide bonds. The summed E-state index contributed by atoms with van der Waals surface area (Å²) >= 11 is 0. The highest BCUT2D eigenvalue weighted by Crippen LogP contribution is 2.66. The van der Waals surface area contributed by atoms with Gasteiger partial charge < -0.3 is 39.8 Å². The Bertz CT molecular complexity index is 1420. The number of aliphatic hydroxyl groups is 2. The van der Waals surface area contributed by atoms with Crippen molar-refractivity contribution in [3.63, 3.8) is 0 Å². The minimum atomic E-state index is -5.74. The highest BCUT2D eigenvalue weighted by atomic mass is 31.3. The molecule has 2 aromatic heterocycles. The van der Waals surface area contributed by atoms with E-state index in [1.807, 2.05) is 0 Å². The molecule has 2 aromatic rings. The maximum absolute atomic E-state index is 12.8. The van der Waals surface area contributed by atoms with Crippen molar-refractivity contribution in [1.29, 1.82) is 0 Å². The van der Waals surface area contributed by atoms with Crippen LogP contribution >= 0.6 is 23.5 Å². The minimum Gasteiger partial charge on any atom is -0.387 e. The highest BCUT2D eigenvalue weighted by Gasteiger charge is 2.49. The number of imidazole rings is 1. The zero-order valence-corrected chi connectivity index (χ0v) is 23.7. The van der Waals surface area contributed by atoms with E-state index in [0.29, 0.717) is 12.5 Å². The van der Waals surface area contributed by atoms with Crippen LogP contribution in [0.1, 0.15) is 38.3 Å². The number of ether oxygens (including phenoxy) is 1. The van der Waals surface area contributed by atoms with Crippen LogP contribution < -0.4 is 15.4 Å². The third kappa shape index (κ3) is 7.63. The standard InChI is InChI=1S/C18H30N5O14P3/c1-22-9-23(15-12(22)16(26)21-18(20-15)19-7-10-5-3-2-4-6-10)17-14(25)13(24)11(35-17)8-34-39(30,31)37-40(32,33)36-38(27,28)29/h9-11,13-14,17,24-25H,2-8H2,1H3,(H5-,19,20,21,26,27,28,29,30,31,32,33)/p+1/t11-,13-,14-,17-/m1/s1. The van der Waals surface area contributed by atoms with Crippen LogP contribution in [0, 0.1) is 5.92 Å². The third-order valence-corrected chi connectivity index (χ3v) is 10.3. The predicted molar refractivity (Wildman–Crippen MR) is 132 cm³/mol. The Kier molecular flexibility index (Phi) is 9.39. The van der Waals surface area contributed by atoms with Crippen molar-refractivity contribution in [3.05, 3.63) is 16.7 Å². The number of fused-ring (bicyclic) bond motifs is 1. The molecule has 2 unspecified atom stereocenters. The van der Waals surface area contributed by atoms with Gasteiger partial charge in [0.15, 0.2) is 6.33 Å². The van der Waals surface area contributed by atoms with E-state index >= 15 is 0 Å². The summed E-state index contributed by atoms with van der Waals surface area (Å²) in [6.07, 6.45) is 0.761. The highest BCUT2D eigenvalue weighted by molar-refractivity contribution is 7.66. The number of aryl methyl sites for hydroxylation is 1. The van der Waals surface area contributed by atoms with E-state index in [1.54, 1.807) is 7.05 Å². The lowest BCUT2D eigenvalue weighted by Crippen LogP contribution is -2.46. The van der Waals surface area contributed by atoms with E-state index in [2.05, 4.69) is 28.4 Å². The summed E-state index contributed by atoms with van der Waals surface area (Å²) < 4.78 is 54.4. The first-order valence-corrected chi connectivity index (χ1v) is 16.6. The van der Waals surface area contributed by atoms with Crippen LogP contribution in [0.3, 0.4) is 0 Å². The lowest BCUT2D eigenvalue weighted by Gasteiger charge is -2.21. The Hall–Kier alpha value is -1.56. The molecule has 2 fully saturated rings. The summed E-state index contributed by atoms with van der Waals surface area (Å²) in [7, 11) is -15.3. The molecule has 3 heterocycles. The molecule has 1 aliphatic heterocycles. The fourth-order valence-electron chi connectivity index (χ4n) is 4.72. The van der Waals surface area contributed by atoms with Crippen molar-refractivity contribution in [3.8, 4) is 0 Å². The summed E-state index contributed by atoms with van der Waals surface area (Å²) in [5.41, 5.74) is -0.248. The van der Waals surface area contributed by atoms with Crippen LogP contribution in [-0.2, 0) is 38.6 Å². The fraction of sp³-hybridized carbons (Fsp3) is 0.722. The molecule has 1 saturated carbocycles. The average Bonchev–Trinajstić information content (AvgIpc) is 3.31. The Balaban J connectivity index is 1.48. The molecule has 22 heteroatoms. The molecular weight excluding hydrogens is 603 g/mol. The summed E-state index contributed by atoms with van der Waals surface area (Å²) in [6.45, 7) is -0.378. The Morgan fingerprint density at radius 2 is 1.77 bits per heavy atom. The average molecular weight is 634 g/mol. The van der Waals surface area contributed by atoms with Gasteiger partial charge in [0.05, 0.1) is 13.7 Å². The first-order chi connectivity index (χ1) is 18.6. The maximum Gasteiger partial charge on any atom is 0.490 e. The lowest BCUT2D eigenvalue weighted by molar-refractivity contribution is -0.745. The number of hydrogen-bond donors (Lipinski definition) is 8. The topological polar surface area (TPSA) is 276 Å². The van der Waals surface area contributed by atoms with Gasteiger partial charge in [-0.25, -0.2) is 18.3 Å². The van der Waals surface area contributed by atoms with Gasteiger partial charge in [0.1, 0.15) is 18.3 Å². The number of H-pyrrole nitrogens is 1. The number of nitrogens with one attached hydrogen (secondary N) is 2. The summed E-state index contributed by atoms with van der Waals surface area (Å²) in [5.74, 6) is 0.628. The molecule has 4 rings (SSSR count). The largest absolute Gasteiger partial charge is 0.490 e. The molecule has 0 radical (unpaired) electrons. The molecule has 1 saturated heterocycles. The molecule has 1 aliphatic carbocycles. The summed E-state index contributed by atoms with van der Waals surface area (Å²) in [5, 5.41) is 24.3. The first-order valence-electron chi connectivity index (χ1n) is 12.1. The maximum atomic E-state index is 12.8. The second kappa shape index (κ2) is 12.0. The van der Waals surface area contributed by atoms with E-state index in [0.717, 1.165) is 25.7 Å². The second-order valence-electron chi connectivity index (χ2n) is 9.54. The van der Waals surface area contributed by atoms with E-state index < -0.39 is 60.2 Å². The lowest BCUT2D eigenvalue weighted by atomic mass is 9.89. The molecule has 226 valence electrons. The van der Waals surface area contributed by atoms with Gasteiger partial charge in [-0.2, -0.15) is 8.62 Å².